The Hall–Kier alpha value is -1.32. The van der Waals surface area contributed by atoms with E-state index in [9.17, 15) is 20.3 Å². The van der Waals surface area contributed by atoms with Crippen molar-refractivity contribution in [1.29, 1.82) is 5.26 Å². The van der Waals surface area contributed by atoms with Gasteiger partial charge in [0.2, 0.25) is 11.7 Å². The minimum absolute atomic E-state index is 0.0168. The molecule has 4 fully saturated rings. The Kier molecular flexibility index (Phi) is 6.57. The number of rotatable bonds is 5. The summed E-state index contributed by atoms with van der Waals surface area (Å²) in [5.41, 5.74) is 0. The van der Waals surface area contributed by atoms with Gasteiger partial charge in [0, 0.05) is 19.1 Å². The second-order valence-corrected chi connectivity index (χ2v) is 9.55. The Labute approximate surface area is 183 Å². The van der Waals surface area contributed by atoms with Gasteiger partial charge in [0.1, 0.15) is 24.4 Å². The highest BCUT2D eigenvalue weighted by Crippen LogP contribution is 2.43. The number of carbonyl (C=O) groups is 1. The van der Waals surface area contributed by atoms with Crippen molar-refractivity contribution in [3.05, 3.63) is 0 Å². The van der Waals surface area contributed by atoms with Crippen LogP contribution in [-0.2, 0) is 19.0 Å². The maximum atomic E-state index is 12.5. The van der Waals surface area contributed by atoms with Crippen LogP contribution in [0.25, 0.3) is 0 Å². The zero-order valence-corrected chi connectivity index (χ0v) is 18.3. The number of hydrogen-bond donors (Lipinski definition) is 3. The van der Waals surface area contributed by atoms with E-state index in [0.717, 1.165) is 32.2 Å². The molecule has 0 radical (unpaired) electrons. The van der Waals surface area contributed by atoms with E-state index < -0.39 is 29.9 Å². The van der Waals surface area contributed by atoms with E-state index in [0.29, 0.717) is 19.6 Å². The van der Waals surface area contributed by atoms with Gasteiger partial charge in [-0.15, -0.1) is 0 Å². The summed E-state index contributed by atoms with van der Waals surface area (Å²) in [6.45, 7) is 6.35. The van der Waals surface area contributed by atoms with Crippen LogP contribution in [0.3, 0.4) is 0 Å². The van der Waals surface area contributed by atoms with Crippen molar-refractivity contribution in [1.82, 2.24) is 15.1 Å². The van der Waals surface area contributed by atoms with Gasteiger partial charge < -0.3 is 34.6 Å². The van der Waals surface area contributed by atoms with Gasteiger partial charge in [-0.1, -0.05) is 0 Å². The molecule has 31 heavy (non-hydrogen) atoms. The Bertz CT molecular complexity index is 714. The molecular weight excluding hydrogens is 404 g/mol. The van der Waals surface area contributed by atoms with Crippen molar-refractivity contribution in [2.24, 2.45) is 0 Å². The smallest absolute Gasteiger partial charge is 0.237 e. The molecule has 4 saturated heterocycles. The van der Waals surface area contributed by atoms with Crippen molar-refractivity contribution < 1.29 is 29.2 Å². The van der Waals surface area contributed by atoms with Crippen LogP contribution in [0.4, 0.5) is 0 Å². The van der Waals surface area contributed by atoms with Gasteiger partial charge in [0.15, 0.2) is 5.79 Å². The van der Waals surface area contributed by atoms with Crippen molar-refractivity contribution >= 4 is 5.91 Å². The van der Waals surface area contributed by atoms with Gasteiger partial charge in [-0.2, -0.15) is 5.26 Å². The Balaban J connectivity index is 1.34. The van der Waals surface area contributed by atoms with E-state index in [2.05, 4.69) is 16.3 Å². The molecule has 4 rings (SSSR count). The molecule has 0 saturated carbocycles. The number of nitrogens with zero attached hydrogens (tertiary/aromatic N) is 3. The molecule has 0 spiro atoms. The van der Waals surface area contributed by atoms with Crippen LogP contribution in [0.15, 0.2) is 0 Å². The van der Waals surface area contributed by atoms with Gasteiger partial charge >= 0.3 is 0 Å². The van der Waals surface area contributed by atoms with E-state index >= 15 is 0 Å². The lowest BCUT2D eigenvalue weighted by Gasteiger charge is -2.45. The number of carbonyl (C=O) groups excluding carboxylic acids is 1. The molecule has 10 heteroatoms. The van der Waals surface area contributed by atoms with Crippen LogP contribution in [0, 0.1) is 11.3 Å². The normalized spacial score (nSPS) is 40.5. The molecule has 0 aromatic carbocycles. The lowest BCUT2D eigenvalue weighted by atomic mass is 9.95. The standard InChI is InChI=1S/C21H34N4O6/c1-20(2)30-19-18(28)16(26)12-29-21(19,31-20)13-24-7-3-5-14(11-24)23-10-17(27)25-8-4-6-15(25)9-22/h14-16,18-19,23,26,28H,3-8,10-13H2,1-2H3/t14-,15+,16-,18-,19+,21+/m1/s1. The minimum atomic E-state index is -1.14. The number of hydrogen-bond acceptors (Lipinski definition) is 9. The van der Waals surface area contributed by atoms with Crippen molar-refractivity contribution in [3.63, 3.8) is 0 Å². The molecule has 174 valence electrons. The SMILES string of the molecule is CC1(C)O[C@H]2[C@H](O)[C@H](O)CO[C@@]2(CN2CCC[C@@H](NCC(=O)N3CCC[C@H]3C#N)C2)O1. The van der Waals surface area contributed by atoms with Crippen LogP contribution in [0.1, 0.15) is 39.5 Å². The third kappa shape index (κ3) is 4.73. The molecule has 0 aliphatic carbocycles. The number of fused-ring (bicyclic) bond motifs is 1. The van der Waals surface area contributed by atoms with Crippen molar-refractivity contribution in [2.75, 3.05) is 39.3 Å². The number of ether oxygens (including phenoxy) is 3. The van der Waals surface area contributed by atoms with Crippen molar-refractivity contribution in [2.45, 2.75) is 81.5 Å². The fourth-order valence-corrected chi connectivity index (χ4v) is 5.24. The van der Waals surface area contributed by atoms with Gasteiger partial charge in [0.05, 0.1) is 25.8 Å². The molecule has 0 unspecified atom stereocenters. The molecule has 0 aromatic heterocycles. The predicted octanol–water partition coefficient (Wildman–Crippen LogP) is -0.845. The lowest BCUT2D eigenvalue weighted by Crippen LogP contribution is -2.64. The average Bonchev–Trinajstić information content (AvgIpc) is 3.31. The first-order valence-corrected chi connectivity index (χ1v) is 11.3. The second-order valence-electron chi connectivity index (χ2n) is 9.55. The first-order valence-electron chi connectivity index (χ1n) is 11.3. The van der Waals surface area contributed by atoms with E-state index in [1.54, 1.807) is 18.7 Å². The monoisotopic (exact) mass is 438 g/mol. The molecule has 0 aromatic rings. The zero-order valence-electron chi connectivity index (χ0n) is 18.3. The van der Waals surface area contributed by atoms with Crippen LogP contribution in [-0.4, -0.2) is 107 Å². The molecular formula is C21H34N4O6. The van der Waals surface area contributed by atoms with Gasteiger partial charge in [0.25, 0.3) is 0 Å². The number of nitriles is 1. The topological polar surface area (TPSA) is 128 Å². The summed E-state index contributed by atoms with van der Waals surface area (Å²) >= 11 is 0. The summed E-state index contributed by atoms with van der Waals surface area (Å²) in [7, 11) is 0. The Morgan fingerprint density at radius 3 is 2.81 bits per heavy atom. The van der Waals surface area contributed by atoms with E-state index in [-0.39, 0.29) is 31.1 Å². The predicted molar refractivity (Wildman–Crippen MR) is 109 cm³/mol. The molecule has 6 atom stereocenters. The molecule has 4 aliphatic rings. The average molecular weight is 439 g/mol. The van der Waals surface area contributed by atoms with Gasteiger partial charge in [-0.25, -0.2) is 0 Å². The largest absolute Gasteiger partial charge is 0.388 e. The quantitative estimate of drug-likeness (QED) is 0.503. The van der Waals surface area contributed by atoms with E-state index in [1.165, 1.54) is 0 Å². The Morgan fingerprint density at radius 1 is 1.26 bits per heavy atom. The summed E-state index contributed by atoms with van der Waals surface area (Å²) in [4.78, 5) is 16.4. The summed E-state index contributed by atoms with van der Waals surface area (Å²) in [6.07, 6.45) is 0.657. The van der Waals surface area contributed by atoms with E-state index in [4.69, 9.17) is 14.2 Å². The van der Waals surface area contributed by atoms with Crippen molar-refractivity contribution in [3.8, 4) is 6.07 Å². The number of piperidine rings is 1. The number of aliphatic hydroxyl groups excluding tert-OH is 2. The third-order valence-corrected chi connectivity index (χ3v) is 6.68. The molecule has 3 N–H and O–H groups in total. The summed E-state index contributed by atoms with van der Waals surface area (Å²) in [5, 5.41) is 33.1. The van der Waals surface area contributed by atoms with E-state index in [1.807, 2.05) is 0 Å². The maximum absolute atomic E-state index is 12.5. The third-order valence-electron chi connectivity index (χ3n) is 6.68. The molecule has 1 amide bonds. The van der Waals surface area contributed by atoms with Gasteiger partial charge in [-0.3, -0.25) is 9.69 Å². The lowest BCUT2D eigenvalue weighted by molar-refractivity contribution is -0.298. The number of amides is 1. The second kappa shape index (κ2) is 8.90. The molecule has 4 heterocycles. The molecule has 10 nitrogen and oxygen atoms in total. The van der Waals surface area contributed by atoms with Gasteiger partial charge in [-0.05, 0) is 46.1 Å². The summed E-state index contributed by atoms with van der Waals surface area (Å²) in [6, 6.07) is 2.04. The highest BCUT2D eigenvalue weighted by molar-refractivity contribution is 5.79. The number of likely N-dealkylation sites (tertiary alicyclic amines) is 2. The van der Waals surface area contributed by atoms with Crippen LogP contribution < -0.4 is 5.32 Å². The highest BCUT2D eigenvalue weighted by Gasteiger charge is 2.61. The van der Waals surface area contributed by atoms with Crippen LogP contribution in [0.5, 0.6) is 0 Å². The molecule has 4 aliphatic heterocycles. The van der Waals surface area contributed by atoms with Crippen LogP contribution in [0.2, 0.25) is 0 Å². The van der Waals surface area contributed by atoms with Crippen LogP contribution >= 0.6 is 0 Å². The Morgan fingerprint density at radius 2 is 2.03 bits per heavy atom. The summed E-state index contributed by atoms with van der Waals surface area (Å²) < 4.78 is 17.9. The number of aliphatic hydroxyl groups is 2. The number of nitrogens with one attached hydrogen (secondary N) is 1. The first kappa shape index (κ1) is 22.9. The first-order chi connectivity index (χ1) is 14.7. The zero-order chi connectivity index (χ0) is 22.2. The molecule has 0 bridgehead atoms. The minimum Gasteiger partial charge on any atom is -0.388 e. The fourth-order valence-electron chi connectivity index (χ4n) is 5.24. The fraction of sp³-hybridized carbons (Fsp3) is 0.905. The summed E-state index contributed by atoms with van der Waals surface area (Å²) in [5.74, 6) is -2.10. The highest BCUT2D eigenvalue weighted by atomic mass is 16.8. The maximum Gasteiger partial charge on any atom is 0.237 e.